The van der Waals surface area contributed by atoms with Crippen LogP contribution in [0.25, 0.3) is 6.08 Å². The number of hydrogen-bond acceptors (Lipinski definition) is 15. The summed E-state index contributed by atoms with van der Waals surface area (Å²) >= 11 is 5.54. The highest BCUT2D eigenvalue weighted by Gasteiger charge is 2.33. The number of carbonyl (C=O) groups is 6. The van der Waals surface area contributed by atoms with Crippen molar-refractivity contribution in [3.63, 3.8) is 0 Å². The molecule has 2 aliphatic heterocycles. The van der Waals surface area contributed by atoms with Gasteiger partial charge in [-0.25, -0.2) is 9.97 Å². The van der Waals surface area contributed by atoms with Crippen molar-refractivity contribution < 1.29 is 38.2 Å². The van der Waals surface area contributed by atoms with E-state index in [9.17, 15) is 28.8 Å². The number of hydrogen-bond donors (Lipinski definition) is 2. The molecule has 70 heavy (non-hydrogen) atoms. The second-order valence-electron chi connectivity index (χ2n) is 17.8. The van der Waals surface area contributed by atoms with Crippen LogP contribution in [0.5, 0.6) is 11.5 Å². The van der Waals surface area contributed by atoms with Crippen LogP contribution in [-0.2, 0) is 19.2 Å². The van der Waals surface area contributed by atoms with Gasteiger partial charge in [-0.3, -0.25) is 28.8 Å². The molecule has 4 aromatic rings. The lowest BCUT2D eigenvalue weighted by Crippen LogP contribution is -2.50. The summed E-state index contributed by atoms with van der Waals surface area (Å²) in [5.74, 6) is 0.0991. The normalized spacial score (nSPS) is 16.3. The summed E-state index contributed by atoms with van der Waals surface area (Å²) in [4.78, 5) is 99.4. The number of thiazole rings is 2. The summed E-state index contributed by atoms with van der Waals surface area (Å²) in [6.45, 7) is 7.35. The van der Waals surface area contributed by atoms with E-state index in [1.807, 2.05) is 63.2 Å². The molecule has 4 fully saturated rings. The first-order valence-electron chi connectivity index (χ1n) is 23.1. The lowest BCUT2D eigenvalue weighted by atomic mass is 10.1. The van der Waals surface area contributed by atoms with Crippen molar-refractivity contribution in [2.45, 2.75) is 57.7 Å². The van der Waals surface area contributed by atoms with Crippen LogP contribution in [0.15, 0.2) is 66.9 Å². The number of amides is 6. The highest BCUT2D eigenvalue weighted by Crippen LogP contribution is 2.43. The molecule has 2 aromatic carbocycles. The van der Waals surface area contributed by atoms with E-state index in [0.717, 1.165) is 50.8 Å². The molecule has 0 unspecified atom stereocenters. The number of piperazine rings is 2. The molecule has 2 saturated carbocycles. The molecule has 6 amide bonds. The van der Waals surface area contributed by atoms with Crippen molar-refractivity contribution in [1.29, 1.82) is 0 Å². The Balaban J connectivity index is 0.924. The third-order valence-corrected chi connectivity index (χ3v) is 16.7. The van der Waals surface area contributed by atoms with Gasteiger partial charge in [0.25, 0.3) is 11.8 Å². The van der Waals surface area contributed by atoms with Gasteiger partial charge >= 0.3 is 0 Å². The molecule has 0 radical (unpaired) electrons. The third-order valence-electron chi connectivity index (χ3n) is 12.2. The standard InChI is InChI=1S/C49H57N9O8S4/c1-29-24-36(65-5)33(26-38(29)67-42-28-50-48(69-42)52-43(61)31-9-10-31)45(63)58-22-18-56(19-23-58)41(60)14-13-35-47(70-49(51-35)53-44(62)32-11-12-32)68-39-27-34(37(66-6)25-30(39)2)46(64)57-20-16-55(17-21-57)40(59)8-7-15-54(3)4/h7-8,13-14,24-28,31-32H,9-12,15-23H2,1-6H3,(H,50,52,61)(H,51,53,62)/b8-7+,14-13?. The molecule has 2 saturated heterocycles. The minimum Gasteiger partial charge on any atom is -0.496 e. The fraction of sp³-hybridized carbons (Fsp3) is 0.429. The molecule has 0 spiro atoms. The minimum absolute atomic E-state index is 0.00135. The van der Waals surface area contributed by atoms with Gasteiger partial charge in [0, 0.05) is 92.7 Å². The maximum absolute atomic E-state index is 14.1. The molecule has 2 aliphatic carbocycles. The fourth-order valence-electron chi connectivity index (χ4n) is 7.77. The number of rotatable bonds is 17. The van der Waals surface area contributed by atoms with Gasteiger partial charge in [-0.1, -0.05) is 52.3 Å². The molecular weight excluding hydrogens is 971 g/mol. The second kappa shape index (κ2) is 22.6. The number of nitrogens with zero attached hydrogens (tertiary/aromatic N) is 7. The Morgan fingerprint density at radius 3 is 1.67 bits per heavy atom. The van der Waals surface area contributed by atoms with Crippen LogP contribution >= 0.6 is 46.2 Å². The van der Waals surface area contributed by atoms with Crippen LogP contribution in [0.1, 0.15) is 63.2 Å². The zero-order valence-corrected chi connectivity index (χ0v) is 43.3. The Kier molecular flexibility index (Phi) is 16.3. The summed E-state index contributed by atoms with van der Waals surface area (Å²) in [6.07, 6.45) is 11.7. The van der Waals surface area contributed by atoms with E-state index >= 15 is 0 Å². The van der Waals surface area contributed by atoms with E-state index in [2.05, 4.69) is 15.6 Å². The smallest absolute Gasteiger partial charge is 0.257 e. The van der Waals surface area contributed by atoms with Crippen molar-refractivity contribution in [1.82, 2.24) is 34.5 Å². The third kappa shape index (κ3) is 12.6. The van der Waals surface area contributed by atoms with Gasteiger partial charge in [0.2, 0.25) is 23.6 Å². The quantitative estimate of drug-likeness (QED) is 0.107. The zero-order valence-electron chi connectivity index (χ0n) is 40.1. The SMILES string of the molecule is COc1cc(C)c(Sc2cnc(NC(=O)C3CC3)s2)cc1C(=O)N1CCN(C(=O)C=Cc2nc(NC(=O)C3CC3)sc2Sc2cc(C(=O)N3CCN(C(=O)/C=C/CN(C)C)CC3)c(OC)cc2C)CC1. The zero-order chi connectivity index (χ0) is 49.6. The van der Waals surface area contributed by atoms with E-state index in [-0.39, 0.29) is 47.3 Å². The van der Waals surface area contributed by atoms with Gasteiger partial charge in [0.1, 0.15) is 11.5 Å². The number of likely N-dealkylation sites (N-methyl/N-ethyl adjacent to an activating group) is 1. The number of ether oxygens (including phenoxy) is 2. The molecular formula is C49H57N9O8S4. The highest BCUT2D eigenvalue weighted by atomic mass is 32.2. The molecule has 0 atom stereocenters. The Morgan fingerprint density at radius 1 is 0.686 bits per heavy atom. The van der Waals surface area contributed by atoms with Gasteiger partial charge in [-0.05, 0) is 95.1 Å². The Labute approximate surface area is 424 Å². The van der Waals surface area contributed by atoms with E-state index in [0.29, 0.717) is 102 Å². The van der Waals surface area contributed by atoms with Crippen molar-refractivity contribution in [3.05, 3.63) is 76.6 Å². The summed E-state index contributed by atoms with van der Waals surface area (Å²) < 4.78 is 13.0. The van der Waals surface area contributed by atoms with Crippen LogP contribution in [-0.4, -0.2) is 157 Å². The Bertz CT molecular complexity index is 2710. The average Bonchev–Trinajstić information content (AvgIpc) is 4.30. The van der Waals surface area contributed by atoms with Crippen molar-refractivity contribution in [3.8, 4) is 11.5 Å². The fourth-order valence-corrected chi connectivity index (χ4v) is 11.9. The molecule has 4 heterocycles. The first-order chi connectivity index (χ1) is 33.7. The second-order valence-corrected chi connectivity index (χ2v) is 22.5. The van der Waals surface area contributed by atoms with E-state index in [4.69, 9.17) is 14.5 Å². The molecule has 0 bridgehead atoms. The number of methoxy groups -OCH3 is 2. The summed E-state index contributed by atoms with van der Waals surface area (Å²) in [6, 6.07) is 7.32. The number of carbonyl (C=O) groups excluding carboxylic acids is 6. The molecule has 8 rings (SSSR count). The first-order valence-corrected chi connectivity index (χ1v) is 26.4. The summed E-state index contributed by atoms with van der Waals surface area (Å²) in [7, 11) is 6.94. The first kappa shape index (κ1) is 50.6. The predicted octanol–water partition coefficient (Wildman–Crippen LogP) is 6.63. The van der Waals surface area contributed by atoms with Gasteiger partial charge in [0.15, 0.2) is 10.3 Å². The molecule has 17 nitrogen and oxygen atoms in total. The summed E-state index contributed by atoms with van der Waals surface area (Å²) in [5, 5.41) is 6.80. The topological polar surface area (TPSA) is 187 Å². The van der Waals surface area contributed by atoms with E-state index in [1.54, 1.807) is 37.9 Å². The lowest BCUT2D eigenvalue weighted by molar-refractivity contribution is -0.128. The van der Waals surface area contributed by atoms with Crippen LogP contribution in [0.3, 0.4) is 0 Å². The van der Waals surface area contributed by atoms with E-state index < -0.39 is 0 Å². The summed E-state index contributed by atoms with van der Waals surface area (Å²) in [5.41, 5.74) is 3.08. The number of nitrogens with one attached hydrogen (secondary N) is 2. The van der Waals surface area contributed by atoms with Crippen LogP contribution in [0.2, 0.25) is 0 Å². The van der Waals surface area contributed by atoms with Crippen LogP contribution in [0.4, 0.5) is 10.3 Å². The van der Waals surface area contributed by atoms with Gasteiger partial charge < -0.3 is 44.6 Å². The molecule has 21 heteroatoms. The van der Waals surface area contributed by atoms with Crippen molar-refractivity contribution >= 4 is 98.0 Å². The van der Waals surface area contributed by atoms with Crippen LogP contribution in [0, 0.1) is 25.7 Å². The van der Waals surface area contributed by atoms with Gasteiger partial charge in [-0.15, -0.1) is 0 Å². The molecule has 2 N–H and O–H groups in total. The largest absolute Gasteiger partial charge is 0.496 e. The number of aryl methyl sites for hydroxylation is 2. The van der Waals surface area contributed by atoms with Crippen molar-refractivity contribution in [2.75, 3.05) is 97.9 Å². The molecule has 4 aliphatic rings. The Morgan fingerprint density at radius 2 is 1.17 bits per heavy atom. The van der Waals surface area contributed by atoms with Crippen molar-refractivity contribution in [2.24, 2.45) is 11.8 Å². The maximum Gasteiger partial charge on any atom is 0.257 e. The molecule has 370 valence electrons. The van der Waals surface area contributed by atoms with Gasteiger partial charge in [0.05, 0.1) is 45.7 Å². The maximum atomic E-state index is 14.1. The highest BCUT2D eigenvalue weighted by molar-refractivity contribution is 8.01. The van der Waals surface area contributed by atoms with Crippen LogP contribution < -0.4 is 20.1 Å². The van der Waals surface area contributed by atoms with E-state index in [1.165, 1.54) is 66.5 Å². The number of aromatic nitrogens is 2. The monoisotopic (exact) mass is 1030 g/mol. The average molecular weight is 1030 g/mol. The van der Waals surface area contributed by atoms with Gasteiger partial charge in [-0.2, -0.15) is 0 Å². The number of benzene rings is 2. The lowest BCUT2D eigenvalue weighted by Gasteiger charge is -2.34. The number of anilines is 2. The molecule has 2 aromatic heterocycles. The Hall–Kier alpha value is -5.74. The predicted molar refractivity (Wildman–Crippen MR) is 272 cm³/mol. The minimum atomic E-state index is -0.247.